The van der Waals surface area contributed by atoms with Crippen LogP contribution in [0.4, 0.5) is 5.82 Å². The van der Waals surface area contributed by atoms with Crippen molar-refractivity contribution in [2.24, 2.45) is 0 Å². The first-order valence-electron chi connectivity index (χ1n) is 7.24. The number of amides is 1. The molecule has 0 aliphatic rings. The molecule has 0 aliphatic heterocycles. The molecule has 1 heterocycles. The third-order valence-electron chi connectivity index (χ3n) is 3.68. The molecule has 1 aromatic carbocycles. The normalized spacial score (nSPS) is 10.6. The summed E-state index contributed by atoms with van der Waals surface area (Å²) in [6, 6.07) is 8.08. The molecule has 3 N–H and O–H groups in total. The molecule has 5 nitrogen and oxygen atoms in total. The van der Waals surface area contributed by atoms with Gasteiger partial charge in [0.05, 0.1) is 12.1 Å². The van der Waals surface area contributed by atoms with Gasteiger partial charge in [0.1, 0.15) is 5.82 Å². The summed E-state index contributed by atoms with van der Waals surface area (Å²) in [6.07, 6.45) is 0.271. The molecule has 0 saturated carbocycles. The second kappa shape index (κ2) is 6.43. The Labute approximate surface area is 125 Å². The first kappa shape index (κ1) is 15.1. The van der Waals surface area contributed by atoms with Crippen molar-refractivity contribution >= 4 is 11.7 Å². The van der Waals surface area contributed by atoms with Crippen molar-refractivity contribution in [3.63, 3.8) is 0 Å². The van der Waals surface area contributed by atoms with Crippen molar-refractivity contribution in [1.29, 1.82) is 0 Å². The SMILES string of the molecule is CCN(CC)C(=O)Cc1c(N)n[nH]c1-c1ccc(C)cc1. The van der Waals surface area contributed by atoms with Crippen LogP contribution in [-0.4, -0.2) is 34.1 Å². The van der Waals surface area contributed by atoms with Gasteiger partial charge in [-0.15, -0.1) is 0 Å². The number of aryl methyl sites for hydroxylation is 1. The number of aromatic amines is 1. The van der Waals surface area contributed by atoms with Gasteiger partial charge in [0, 0.05) is 18.7 Å². The summed E-state index contributed by atoms with van der Waals surface area (Å²) < 4.78 is 0. The predicted octanol–water partition coefficient (Wildman–Crippen LogP) is 2.38. The Balaban J connectivity index is 2.30. The predicted molar refractivity (Wildman–Crippen MR) is 84.8 cm³/mol. The molecule has 0 unspecified atom stereocenters. The number of likely N-dealkylation sites (N-methyl/N-ethyl adjacent to an activating group) is 1. The maximum atomic E-state index is 12.3. The summed E-state index contributed by atoms with van der Waals surface area (Å²) in [7, 11) is 0. The number of nitrogens with zero attached hydrogens (tertiary/aromatic N) is 2. The molecule has 1 aromatic heterocycles. The number of nitrogens with two attached hydrogens (primary N) is 1. The van der Waals surface area contributed by atoms with Crippen LogP contribution in [0.2, 0.25) is 0 Å². The molecule has 0 atom stereocenters. The number of benzene rings is 1. The van der Waals surface area contributed by atoms with Gasteiger partial charge in [0.15, 0.2) is 0 Å². The average molecular weight is 286 g/mol. The van der Waals surface area contributed by atoms with Gasteiger partial charge in [-0.25, -0.2) is 0 Å². The van der Waals surface area contributed by atoms with E-state index in [1.165, 1.54) is 5.56 Å². The van der Waals surface area contributed by atoms with Crippen molar-refractivity contribution in [1.82, 2.24) is 15.1 Å². The monoisotopic (exact) mass is 286 g/mol. The zero-order valence-electron chi connectivity index (χ0n) is 12.8. The summed E-state index contributed by atoms with van der Waals surface area (Å²) in [5.74, 6) is 0.465. The minimum absolute atomic E-state index is 0.0708. The van der Waals surface area contributed by atoms with Gasteiger partial charge in [-0.3, -0.25) is 9.89 Å². The fourth-order valence-electron chi connectivity index (χ4n) is 2.36. The lowest BCUT2D eigenvalue weighted by Gasteiger charge is -2.18. The number of H-pyrrole nitrogens is 1. The summed E-state index contributed by atoms with van der Waals surface area (Å²) in [4.78, 5) is 14.1. The lowest BCUT2D eigenvalue weighted by molar-refractivity contribution is -0.130. The van der Waals surface area contributed by atoms with Gasteiger partial charge in [-0.2, -0.15) is 5.10 Å². The number of anilines is 1. The van der Waals surface area contributed by atoms with E-state index in [-0.39, 0.29) is 12.3 Å². The van der Waals surface area contributed by atoms with Crippen LogP contribution in [0.25, 0.3) is 11.3 Å². The quantitative estimate of drug-likeness (QED) is 0.886. The van der Waals surface area contributed by atoms with Crippen LogP contribution in [-0.2, 0) is 11.2 Å². The second-order valence-electron chi connectivity index (χ2n) is 5.07. The molecule has 1 amide bonds. The second-order valence-corrected chi connectivity index (χ2v) is 5.07. The van der Waals surface area contributed by atoms with Crippen LogP contribution in [0, 0.1) is 6.92 Å². The topological polar surface area (TPSA) is 75.0 Å². The summed E-state index contributed by atoms with van der Waals surface area (Å²) in [5, 5.41) is 7.01. The molecule has 2 rings (SSSR count). The fraction of sp³-hybridized carbons (Fsp3) is 0.375. The summed E-state index contributed by atoms with van der Waals surface area (Å²) >= 11 is 0. The van der Waals surface area contributed by atoms with Crippen molar-refractivity contribution in [2.45, 2.75) is 27.2 Å². The van der Waals surface area contributed by atoms with Crippen molar-refractivity contribution < 1.29 is 4.79 Å². The number of nitrogen functional groups attached to an aromatic ring is 1. The lowest BCUT2D eigenvalue weighted by atomic mass is 10.0. The van der Waals surface area contributed by atoms with Crippen LogP contribution < -0.4 is 5.73 Å². The zero-order chi connectivity index (χ0) is 15.4. The molecule has 0 spiro atoms. The zero-order valence-corrected chi connectivity index (χ0v) is 12.8. The number of carbonyl (C=O) groups is 1. The Hall–Kier alpha value is -2.30. The van der Waals surface area contributed by atoms with Crippen LogP contribution in [0.15, 0.2) is 24.3 Å². The number of aromatic nitrogens is 2. The Morgan fingerprint density at radius 1 is 1.24 bits per heavy atom. The number of hydrogen-bond acceptors (Lipinski definition) is 3. The third kappa shape index (κ3) is 3.24. The maximum Gasteiger partial charge on any atom is 0.227 e. The number of nitrogens with one attached hydrogen (secondary N) is 1. The highest BCUT2D eigenvalue weighted by Crippen LogP contribution is 2.26. The van der Waals surface area contributed by atoms with E-state index in [9.17, 15) is 4.79 Å². The highest BCUT2D eigenvalue weighted by atomic mass is 16.2. The van der Waals surface area contributed by atoms with Crippen LogP contribution in [0.1, 0.15) is 25.0 Å². The Morgan fingerprint density at radius 3 is 2.43 bits per heavy atom. The molecule has 21 heavy (non-hydrogen) atoms. The van der Waals surface area contributed by atoms with E-state index < -0.39 is 0 Å². The van der Waals surface area contributed by atoms with E-state index in [1.54, 1.807) is 4.90 Å². The van der Waals surface area contributed by atoms with E-state index in [0.29, 0.717) is 18.9 Å². The molecule has 0 bridgehead atoms. The van der Waals surface area contributed by atoms with Crippen LogP contribution in [0.3, 0.4) is 0 Å². The largest absolute Gasteiger partial charge is 0.382 e. The number of hydrogen-bond donors (Lipinski definition) is 2. The van der Waals surface area contributed by atoms with Crippen molar-refractivity contribution in [2.75, 3.05) is 18.8 Å². The summed E-state index contributed by atoms with van der Waals surface area (Å²) in [6.45, 7) is 7.39. The van der Waals surface area contributed by atoms with Gasteiger partial charge in [-0.05, 0) is 26.3 Å². The van der Waals surface area contributed by atoms with Gasteiger partial charge in [0.2, 0.25) is 5.91 Å². The standard InChI is InChI=1S/C16H22N4O/c1-4-20(5-2)14(21)10-13-15(18-19-16(13)17)12-8-6-11(3)7-9-12/h6-9H,4-5,10H2,1-3H3,(H3,17,18,19). The number of carbonyl (C=O) groups excluding carboxylic acids is 1. The maximum absolute atomic E-state index is 12.3. The van der Waals surface area contributed by atoms with Crippen LogP contribution >= 0.6 is 0 Å². The average Bonchev–Trinajstić information content (AvgIpc) is 2.83. The molecule has 5 heteroatoms. The van der Waals surface area contributed by atoms with E-state index in [4.69, 9.17) is 5.73 Å². The molecule has 0 saturated heterocycles. The van der Waals surface area contributed by atoms with E-state index in [0.717, 1.165) is 16.8 Å². The molecule has 0 radical (unpaired) electrons. The minimum atomic E-state index is 0.0708. The highest BCUT2D eigenvalue weighted by Gasteiger charge is 2.18. The smallest absolute Gasteiger partial charge is 0.227 e. The lowest BCUT2D eigenvalue weighted by Crippen LogP contribution is -2.32. The third-order valence-corrected chi connectivity index (χ3v) is 3.68. The molecule has 112 valence electrons. The van der Waals surface area contributed by atoms with Crippen molar-refractivity contribution in [3.8, 4) is 11.3 Å². The minimum Gasteiger partial charge on any atom is -0.382 e. The fourth-order valence-corrected chi connectivity index (χ4v) is 2.36. The Morgan fingerprint density at radius 2 is 1.86 bits per heavy atom. The van der Waals surface area contributed by atoms with Gasteiger partial charge in [0.25, 0.3) is 0 Å². The van der Waals surface area contributed by atoms with Crippen molar-refractivity contribution in [3.05, 3.63) is 35.4 Å². The van der Waals surface area contributed by atoms with Gasteiger partial charge >= 0.3 is 0 Å². The Kier molecular flexibility index (Phi) is 4.62. The van der Waals surface area contributed by atoms with Gasteiger partial charge < -0.3 is 10.6 Å². The van der Waals surface area contributed by atoms with Crippen LogP contribution in [0.5, 0.6) is 0 Å². The Bertz CT molecular complexity index is 612. The highest BCUT2D eigenvalue weighted by molar-refractivity contribution is 5.83. The van der Waals surface area contributed by atoms with E-state index in [1.807, 2.05) is 45.0 Å². The van der Waals surface area contributed by atoms with E-state index >= 15 is 0 Å². The molecular weight excluding hydrogens is 264 g/mol. The van der Waals surface area contributed by atoms with E-state index in [2.05, 4.69) is 10.2 Å². The molecule has 0 fully saturated rings. The molecular formula is C16H22N4O. The molecule has 2 aromatic rings. The first-order valence-corrected chi connectivity index (χ1v) is 7.24. The van der Waals surface area contributed by atoms with Gasteiger partial charge in [-0.1, -0.05) is 29.8 Å². The first-order chi connectivity index (χ1) is 10.1. The summed E-state index contributed by atoms with van der Waals surface area (Å²) in [5.41, 5.74) is 9.71. The number of rotatable bonds is 5. The molecule has 0 aliphatic carbocycles.